The number of hydrogen-bond donors (Lipinski definition) is 4. The van der Waals surface area contributed by atoms with E-state index in [1.54, 1.807) is 6.07 Å². The van der Waals surface area contributed by atoms with Gasteiger partial charge in [0.15, 0.2) is 0 Å². The van der Waals surface area contributed by atoms with Crippen molar-refractivity contribution in [2.75, 3.05) is 11.9 Å². The summed E-state index contributed by atoms with van der Waals surface area (Å²) < 4.78 is 0. The minimum atomic E-state index is -1.01. The molecule has 0 aliphatic heterocycles. The zero-order valence-corrected chi connectivity index (χ0v) is 15.7. The normalized spacial score (nSPS) is 14.3. The predicted octanol–water partition coefficient (Wildman–Crippen LogP) is 4.64. The molecule has 1 aromatic carbocycles. The van der Waals surface area contributed by atoms with Crippen LogP contribution in [0, 0.1) is 11.3 Å². The number of rotatable bonds is 7. The Kier molecular flexibility index (Phi) is 6.93. The fourth-order valence-electron chi connectivity index (χ4n) is 2.84. The second kappa shape index (κ2) is 8.27. The van der Waals surface area contributed by atoms with E-state index < -0.39 is 6.09 Å². The minimum absolute atomic E-state index is 0.0479. The van der Waals surface area contributed by atoms with Crippen molar-refractivity contribution in [2.45, 2.75) is 59.9 Å². The summed E-state index contributed by atoms with van der Waals surface area (Å²) in [7, 11) is 0. The second-order valence-electron chi connectivity index (χ2n) is 8.06. The van der Waals surface area contributed by atoms with Crippen LogP contribution in [0.1, 0.15) is 59.4 Å². The zero-order valence-electron chi connectivity index (χ0n) is 15.7. The molecule has 5 heteroatoms. The van der Waals surface area contributed by atoms with Gasteiger partial charge in [0.2, 0.25) is 0 Å². The number of carbonyl (C=O) groups is 1. The number of nitrogens with one attached hydrogen (secondary N) is 2. The fourth-order valence-corrected chi connectivity index (χ4v) is 2.84. The standard InChI is InChI=1S/C19H32N2O3/c1-12(2)11-20-16-8-7-14(10-17(16)22)15(19(4,5)6)9-13(3)21-18(23)24/h7-8,10,12-13,15,20-22H,9,11H2,1-6H3,(H,23,24)/t13-,15?/m0/s1. The van der Waals surface area contributed by atoms with E-state index in [1.807, 2.05) is 19.1 Å². The Balaban J connectivity index is 2.98. The van der Waals surface area contributed by atoms with Gasteiger partial charge in [0.1, 0.15) is 5.75 Å². The van der Waals surface area contributed by atoms with Gasteiger partial charge in [0.05, 0.1) is 5.69 Å². The van der Waals surface area contributed by atoms with Gasteiger partial charge in [-0.05, 0) is 48.3 Å². The molecule has 1 amide bonds. The lowest BCUT2D eigenvalue weighted by Gasteiger charge is -2.33. The lowest BCUT2D eigenvalue weighted by Crippen LogP contribution is -2.34. The highest BCUT2D eigenvalue weighted by atomic mass is 16.4. The topological polar surface area (TPSA) is 81.6 Å². The average Bonchev–Trinajstić information content (AvgIpc) is 2.41. The van der Waals surface area contributed by atoms with Gasteiger partial charge in [-0.2, -0.15) is 0 Å². The van der Waals surface area contributed by atoms with E-state index in [1.165, 1.54) is 0 Å². The first kappa shape index (κ1) is 20.1. The van der Waals surface area contributed by atoms with Crippen molar-refractivity contribution < 1.29 is 15.0 Å². The molecule has 0 aromatic heterocycles. The highest BCUT2D eigenvalue weighted by Crippen LogP contribution is 2.40. The van der Waals surface area contributed by atoms with Gasteiger partial charge in [-0.15, -0.1) is 0 Å². The van der Waals surface area contributed by atoms with Crippen LogP contribution in [0.3, 0.4) is 0 Å². The smallest absolute Gasteiger partial charge is 0.404 e. The van der Waals surface area contributed by atoms with Crippen LogP contribution in [0.5, 0.6) is 5.75 Å². The van der Waals surface area contributed by atoms with E-state index in [2.05, 4.69) is 45.3 Å². The van der Waals surface area contributed by atoms with Crippen molar-refractivity contribution in [3.63, 3.8) is 0 Å². The average molecular weight is 336 g/mol. The number of phenols is 1. The molecule has 0 aliphatic carbocycles. The van der Waals surface area contributed by atoms with Crippen LogP contribution in [-0.2, 0) is 0 Å². The van der Waals surface area contributed by atoms with Gasteiger partial charge < -0.3 is 20.8 Å². The van der Waals surface area contributed by atoms with E-state index >= 15 is 0 Å². The number of phenolic OH excluding ortho intramolecular Hbond substituents is 1. The molecule has 0 fully saturated rings. The Morgan fingerprint density at radius 2 is 1.83 bits per heavy atom. The van der Waals surface area contributed by atoms with E-state index in [0.717, 1.165) is 17.8 Å². The van der Waals surface area contributed by atoms with Crippen molar-refractivity contribution >= 4 is 11.8 Å². The number of hydrogen-bond acceptors (Lipinski definition) is 3. The monoisotopic (exact) mass is 336 g/mol. The van der Waals surface area contributed by atoms with Crippen LogP contribution in [0.2, 0.25) is 0 Å². The molecule has 0 radical (unpaired) electrons. The van der Waals surface area contributed by atoms with Crippen molar-refractivity contribution in [3.8, 4) is 5.75 Å². The lowest BCUT2D eigenvalue weighted by atomic mass is 9.73. The Labute approximate surface area is 145 Å². The third-order valence-electron chi connectivity index (χ3n) is 4.13. The first-order chi connectivity index (χ1) is 11.0. The SMILES string of the molecule is CC(C)CNc1ccc(C(C[C@H](C)NC(=O)O)C(C)(C)C)cc1O. The molecule has 24 heavy (non-hydrogen) atoms. The first-order valence-corrected chi connectivity index (χ1v) is 8.57. The molecule has 0 spiro atoms. The molecule has 0 heterocycles. The summed E-state index contributed by atoms with van der Waals surface area (Å²) in [6.45, 7) is 13.3. The summed E-state index contributed by atoms with van der Waals surface area (Å²) in [4.78, 5) is 10.8. The summed E-state index contributed by atoms with van der Waals surface area (Å²) in [5, 5.41) is 25.0. The summed E-state index contributed by atoms with van der Waals surface area (Å²) in [6, 6.07) is 5.56. The van der Waals surface area contributed by atoms with Crippen LogP contribution in [0.4, 0.5) is 10.5 Å². The molecule has 0 bridgehead atoms. The molecule has 0 aliphatic rings. The summed E-state index contributed by atoms with van der Waals surface area (Å²) >= 11 is 0. The maximum absolute atomic E-state index is 10.8. The van der Waals surface area contributed by atoms with Crippen LogP contribution < -0.4 is 10.6 Å². The van der Waals surface area contributed by atoms with Crippen LogP contribution in [0.15, 0.2) is 18.2 Å². The molecule has 5 nitrogen and oxygen atoms in total. The Hall–Kier alpha value is -1.91. The third-order valence-corrected chi connectivity index (χ3v) is 4.13. The Morgan fingerprint density at radius 1 is 1.21 bits per heavy atom. The molecule has 136 valence electrons. The number of benzene rings is 1. The molecule has 4 N–H and O–H groups in total. The molecule has 1 aromatic rings. The predicted molar refractivity (Wildman–Crippen MR) is 98.9 cm³/mol. The maximum Gasteiger partial charge on any atom is 0.404 e. The number of aromatic hydroxyl groups is 1. The number of anilines is 1. The molecule has 1 rings (SSSR count). The largest absolute Gasteiger partial charge is 0.506 e. The van der Waals surface area contributed by atoms with Gasteiger partial charge in [-0.3, -0.25) is 0 Å². The van der Waals surface area contributed by atoms with E-state index in [-0.39, 0.29) is 23.1 Å². The second-order valence-corrected chi connectivity index (χ2v) is 8.06. The highest BCUT2D eigenvalue weighted by molar-refractivity contribution is 5.64. The zero-order chi connectivity index (χ0) is 18.5. The van der Waals surface area contributed by atoms with Crippen molar-refractivity contribution in [1.29, 1.82) is 0 Å². The van der Waals surface area contributed by atoms with Crippen LogP contribution in [-0.4, -0.2) is 28.9 Å². The molecule has 1 unspecified atom stereocenters. The van der Waals surface area contributed by atoms with Gasteiger partial charge in [0, 0.05) is 12.6 Å². The fraction of sp³-hybridized carbons (Fsp3) is 0.632. The molecule has 0 saturated carbocycles. The summed E-state index contributed by atoms with van der Waals surface area (Å²) in [6.07, 6.45) is -0.333. The number of carboxylic acid groups (broad SMARTS) is 1. The van der Waals surface area contributed by atoms with Gasteiger partial charge in [-0.25, -0.2) is 4.79 Å². The first-order valence-electron chi connectivity index (χ1n) is 8.57. The number of amides is 1. The van der Waals surface area contributed by atoms with E-state index in [9.17, 15) is 9.90 Å². The van der Waals surface area contributed by atoms with Gasteiger partial charge in [0.25, 0.3) is 0 Å². The Bertz CT molecular complexity index is 550. The lowest BCUT2D eigenvalue weighted by molar-refractivity contribution is 0.186. The molecular weight excluding hydrogens is 304 g/mol. The van der Waals surface area contributed by atoms with Crippen molar-refractivity contribution in [2.24, 2.45) is 11.3 Å². The Morgan fingerprint density at radius 3 is 2.29 bits per heavy atom. The quantitative estimate of drug-likeness (QED) is 0.547. The molecule has 2 atom stereocenters. The van der Waals surface area contributed by atoms with E-state index in [0.29, 0.717) is 12.3 Å². The maximum atomic E-state index is 10.8. The van der Waals surface area contributed by atoms with Crippen LogP contribution >= 0.6 is 0 Å². The minimum Gasteiger partial charge on any atom is -0.506 e. The van der Waals surface area contributed by atoms with Crippen LogP contribution in [0.25, 0.3) is 0 Å². The highest BCUT2D eigenvalue weighted by Gasteiger charge is 2.28. The van der Waals surface area contributed by atoms with Gasteiger partial charge in [-0.1, -0.05) is 40.7 Å². The summed E-state index contributed by atoms with van der Waals surface area (Å²) in [5.41, 5.74) is 1.71. The molecule has 0 saturated heterocycles. The van der Waals surface area contributed by atoms with Gasteiger partial charge >= 0.3 is 6.09 Å². The summed E-state index contributed by atoms with van der Waals surface area (Å²) in [5.74, 6) is 0.861. The van der Waals surface area contributed by atoms with Crippen molar-refractivity contribution in [3.05, 3.63) is 23.8 Å². The third kappa shape index (κ3) is 6.30. The van der Waals surface area contributed by atoms with Crippen molar-refractivity contribution in [1.82, 2.24) is 5.32 Å². The molecular formula is C19H32N2O3. The van der Waals surface area contributed by atoms with E-state index in [4.69, 9.17) is 5.11 Å².